The van der Waals surface area contributed by atoms with Gasteiger partial charge in [-0.05, 0) is 43.0 Å². The number of nitrogens with one attached hydrogen (secondary N) is 2. The summed E-state index contributed by atoms with van der Waals surface area (Å²) in [7, 11) is 0. The van der Waals surface area contributed by atoms with E-state index < -0.39 is 12.1 Å². The molecule has 0 saturated carbocycles. The molecular weight excluding hydrogens is 379 g/mol. The van der Waals surface area contributed by atoms with E-state index in [0.717, 1.165) is 18.7 Å². The summed E-state index contributed by atoms with van der Waals surface area (Å²) in [6.07, 6.45) is -2.31. The van der Waals surface area contributed by atoms with Gasteiger partial charge in [-0.3, -0.25) is 10.1 Å². The van der Waals surface area contributed by atoms with Crippen LogP contribution < -0.4 is 10.6 Å². The number of aliphatic carboxylic acids is 1. The normalized spacial score (nSPS) is 18.2. The van der Waals surface area contributed by atoms with Gasteiger partial charge in [0.15, 0.2) is 0 Å². The van der Waals surface area contributed by atoms with Crippen LogP contribution in [-0.4, -0.2) is 53.7 Å². The Hall–Kier alpha value is -2.62. The van der Waals surface area contributed by atoms with Crippen molar-refractivity contribution in [2.45, 2.75) is 37.9 Å². The maximum absolute atomic E-state index is 11.7. The predicted octanol–water partition coefficient (Wildman–Crippen LogP) is 2.23. The number of piperidine rings is 1. The Bertz CT molecular complexity index is 701. The second-order valence-corrected chi connectivity index (χ2v) is 6.59. The predicted molar refractivity (Wildman–Crippen MR) is 93.5 cm³/mol. The minimum absolute atomic E-state index is 0.183. The molecule has 2 fully saturated rings. The van der Waals surface area contributed by atoms with Gasteiger partial charge in [0.1, 0.15) is 0 Å². The van der Waals surface area contributed by atoms with Crippen molar-refractivity contribution >= 4 is 17.9 Å². The Labute approximate surface area is 159 Å². The van der Waals surface area contributed by atoms with Crippen molar-refractivity contribution in [3.8, 4) is 0 Å². The van der Waals surface area contributed by atoms with Crippen molar-refractivity contribution in [2.75, 3.05) is 19.6 Å². The van der Waals surface area contributed by atoms with Crippen LogP contribution in [0.25, 0.3) is 0 Å². The molecule has 2 aliphatic rings. The molecule has 1 aromatic rings. The zero-order valence-corrected chi connectivity index (χ0v) is 15.1. The molecule has 0 bridgehead atoms. The van der Waals surface area contributed by atoms with Crippen molar-refractivity contribution in [3.05, 3.63) is 35.4 Å². The molecule has 10 heteroatoms. The lowest BCUT2D eigenvalue weighted by atomic mass is 9.90. The topological polar surface area (TPSA) is 98.7 Å². The highest BCUT2D eigenvalue weighted by Gasteiger charge is 2.38. The number of imide groups is 1. The molecule has 28 heavy (non-hydrogen) atoms. The lowest BCUT2D eigenvalue weighted by molar-refractivity contribution is -0.192. The summed E-state index contributed by atoms with van der Waals surface area (Å²) in [6, 6.07) is 8.27. The number of carboxylic acids is 1. The molecular formula is C18H22F3N3O4. The average molecular weight is 401 g/mol. The minimum Gasteiger partial charge on any atom is -0.475 e. The first-order valence-corrected chi connectivity index (χ1v) is 8.85. The van der Waals surface area contributed by atoms with E-state index in [4.69, 9.17) is 9.90 Å². The first-order valence-electron chi connectivity index (χ1n) is 8.85. The van der Waals surface area contributed by atoms with Crippen LogP contribution in [0.2, 0.25) is 0 Å². The van der Waals surface area contributed by atoms with E-state index >= 15 is 0 Å². The van der Waals surface area contributed by atoms with Crippen LogP contribution in [0.1, 0.15) is 36.3 Å². The fourth-order valence-electron chi connectivity index (χ4n) is 3.02. The minimum atomic E-state index is -5.08. The number of carbonyl (C=O) groups is 3. The van der Waals surface area contributed by atoms with Crippen LogP contribution in [0.15, 0.2) is 24.3 Å². The smallest absolute Gasteiger partial charge is 0.475 e. The van der Waals surface area contributed by atoms with Gasteiger partial charge in [0.2, 0.25) is 5.91 Å². The molecule has 0 atom stereocenters. The van der Waals surface area contributed by atoms with Gasteiger partial charge in [-0.15, -0.1) is 0 Å². The van der Waals surface area contributed by atoms with Crippen molar-refractivity contribution < 1.29 is 32.7 Å². The monoisotopic (exact) mass is 401 g/mol. The lowest BCUT2D eigenvalue weighted by Gasteiger charge is -2.27. The van der Waals surface area contributed by atoms with Crippen molar-refractivity contribution in [1.82, 2.24) is 15.5 Å². The number of amides is 3. The van der Waals surface area contributed by atoms with Gasteiger partial charge in [-0.25, -0.2) is 9.59 Å². The summed E-state index contributed by atoms with van der Waals surface area (Å²) in [5.74, 6) is -2.29. The van der Waals surface area contributed by atoms with Crippen LogP contribution in [0.5, 0.6) is 0 Å². The number of nitrogens with zero attached hydrogens (tertiary/aromatic N) is 1. The molecule has 2 saturated heterocycles. The third kappa shape index (κ3) is 6.52. The molecule has 3 N–H and O–H groups in total. The van der Waals surface area contributed by atoms with Crippen molar-refractivity contribution in [2.24, 2.45) is 0 Å². The maximum atomic E-state index is 11.7. The van der Waals surface area contributed by atoms with Crippen LogP contribution >= 0.6 is 0 Å². The fraction of sp³-hybridized carbons (Fsp3) is 0.500. The first-order chi connectivity index (χ1) is 13.2. The maximum Gasteiger partial charge on any atom is 0.490 e. The zero-order chi connectivity index (χ0) is 20.7. The number of carboxylic acid groups (broad SMARTS) is 1. The molecule has 2 aliphatic heterocycles. The number of alkyl halides is 3. The SMILES string of the molecule is O=C(O)C(F)(F)F.O=C1CCN(Cc2ccc(C3CCNCC3)cc2)C(=O)N1. The Kier molecular flexibility index (Phi) is 7.38. The van der Waals surface area contributed by atoms with E-state index in [9.17, 15) is 22.8 Å². The fourth-order valence-corrected chi connectivity index (χ4v) is 3.02. The van der Waals surface area contributed by atoms with Crippen LogP contribution in [0.3, 0.4) is 0 Å². The summed E-state index contributed by atoms with van der Waals surface area (Å²) in [6.45, 7) is 3.25. The van der Waals surface area contributed by atoms with Crippen molar-refractivity contribution in [1.29, 1.82) is 0 Å². The third-order valence-corrected chi connectivity index (χ3v) is 4.55. The van der Waals surface area contributed by atoms with E-state index in [1.54, 1.807) is 4.90 Å². The quantitative estimate of drug-likeness (QED) is 0.722. The van der Waals surface area contributed by atoms with E-state index in [1.165, 1.54) is 18.4 Å². The van der Waals surface area contributed by atoms with E-state index in [-0.39, 0.29) is 11.9 Å². The summed E-state index contributed by atoms with van der Waals surface area (Å²) >= 11 is 0. The van der Waals surface area contributed by atoms with Gasteiger partial charge in [-0.2, -0.15) is 13.2 Å². The number of halogens is 3. The molecule has 7 nitrogen and oxygen atoms in total. The summed E-state index contributed by atoms with van der Waals surface area (Å²) < 4.78 is 31.7. The Balaban J connectivity index is 0.000000345. The van der Waals surface area contributed by atoms with Gasteiger partial charge >= 0.3 is 18.2 Å². The molecule has 0 radical (unpaired) electrons. The number of benzene rings is 1. The summed E-state index contributed by atoms with van der Waals surface area (Å²) in [4.78, 5) is 33.4. The Morgan fingerprint density at radius 2 is 1.71 bits per heavy atom. The molecule has 3 rings (SSSR count). The van der Waals surface area contributed by atoms with Crippen LogP contribution in [0.4, 0.5) is 18.0 Å². The molecule has 154 valence electrons. The number of urea groups is 1. The molecule has 2 heterocycles. The van der Waals surface area contributed by atoms with Gasteiger partial charge in [-0.1, -0.05) is 24.3 Å². The molecule has 3 amide bonds. The molecule has 0 spiro atoms. The lowest BCUT2D eigenvalue weighted by Crippen LogP contribution is -2.48. The molecule has 0 aliphatic carbocycles. The van der Waals surface area contributed by atoms with Crippen LogP contribution in [0, 0.1) is 0 Å². The highest BCUT2D eigenvalue weighted by Crippen LogP contribution is 2.25. The van der Waals surface area contributed by atoms with Gasteiger partial charge in [0, 0.05) is 19.5 Å². The molecule has 0 aromatic heterocycles. The highest BCUT2D eigenvalue weighted by atomic mass is 19.4. The molecule has 0 unspecified atom stereocenters. The van der Waals surface area contributed by atoms with Gasteiger partial charge in [0.25, 0.3) is 0 Å². The second-order valence-electron chi connectivity index (χ2n) is 6.59. The standard InChI is InChI=1S/C16H21N3O2.C2HF3O2/c20-15-7-10-19(16(21)18-15)11-12-1-3-13(4-2-12)14-5-8-17-9-6-14;3-2(4,5)1(6)7/h1-4,14,17H,5-11H2,(H,18,20,21);(H,6,7). The zero-order valence-electron chi connectivity index (χ0n) is 15.1. The average Bonchev–Trinajstić information content (AvgIpc) is 2.65. The van der Waals surface area contributed by atoms with Gasteiger partial charge < -0.3 is 15.3 Å². The van der Waals surface area contributed by atoms with Crippen molar-refractivity contribution in [3.63, 3.8) is 0 Å². The van der Waals surface area contributed by atoms with Gasteiger partial charge in [0.05, 0.1) is 0 Å². The Morgan fingerprint density at radius 1 is 1.14 bits per heavy atom. The second kappa shape index (κ2) is 9.54. The number of rotatable bonds is 3. The molecule has 1 aromatic carbocycles. The largest absolute Gasteiger partial charge is 0.490 e. The Morgan fingerprint density at radius 3 is 2.21 bits per heavy atom. The number of hydrogen-bond donors (Lipinski definition) is 3. The summed E-state index contributed by atoms with van der Waals surface area (Å²) in [5, 5.41) is 12.9. The highest BCUT2D eigenvalue weighted by molar-refractivity contribution is 5.96. The van der Waals surface area contributed by atoms with E-state index in [0.29, 0.717) is 25.4 Å². The third-order valence-electron chi connectivity index (χ3n) is 4.55. The van der Waals surface area contributed by atoms with E-state index in [2.05, 4.69) is 34.9 Å². The number of carbonyl (C=O) groups excluding carboxylic acids is 2. The number of hydrogen-bond acceptors (Lipinski definition) is 4. The van der Waals surface area contributed by atoms with Crippen LogP contribution in [-0.2, 0) is 16.1 Å². The van der Waals surface area contributed by atoms with E-state index in [1.807, 2.05) is 0 Å². The summed E-state index contributed by atoms with van der Waals surface area (Å²) in [5.41, 5.74) is 2.50. The first kappa shape index (κ1) is 21.7.